The van der Waals surface area contributed by atoms with Crippen molar-refractivity contribution in [1.82, 2.24) is 10.2 Å². The van der Waals surface area contributed by atoms with Gasteiger partial charge < -0.3 is 16.0 Å². The molecule has 148 valence electrons. The van der Waals surface area contributed by atoms with E-state index in [1.807, 2.05) is 35.2 Å². The van der Waals surface area contributed by atoms with Gasteiger partial charge in [-0.1, -0.05) is 43.7 Å². The highest BCUT2D eigenvalue weighted by atomic mass is 16.2. The highest BCUT2D eigenvalue weighted by Crippen LogP contribution is 2.27. The molecular formula is C22H33N3O2. The summed E-state index contributed by atoms with van der Waals surface area (Å²) < 4.78 is 0. The third kappa shape index (κ3) is 5.10. The molecule has 5 heteroatoms. The number of nitrogens with two attached hydrogens (primary N) is 1. The lowest BCUT2D eigenvalue weighted by Gasteiger charge is -2.34. The average Bonchev–Trinajstić information content (AvgIpc) is 3.08. The van der Waals surface area contributed by atoms with Crippen molar-refractivity contribution in [2.45, 2.75) is 69.9 Å². The topological polar surface area (TPSA) is 75.4 Å². The lowest BCUT2D eigenvalue weighted by atomic mass is 9.93. The van der Waals surface area contributed by atoms with Crippen LogP contribution in [0.4, 0.5) is 0 Å². The molecule has 2 aliphatic rings. The molecule has 2 amide bonds. The van der Waals surface area contributed by atoms with Crippen LogP contribution in [-0.4, -0.2) is 41.9 Å². The summed E-state index contributed by atoms with van der Waals surface area (Å²) in [7, 11) is 0. The maximum Gasteiger partial charge on any atom is 0.230 e. The minimum atomic E-state index is -0.0683. The normalized spacial score (nSPS) is 24.6. The number of rotatable bonds is 6. The third-order valence-electron chi connectivity index (χ3n) is 6.25. The Balaban J connectivity index is 1.46. The molecule has 0 aromatic heterocycles. The lowest BCUT2D eigenvalue weighted by Crippen LogP contribution is -2.48. The van der Waals surface area contributed by atoms with Gasteiger partial charge >= 0.3 is 0 Å². The number of carbonyl (C=O) groups excluding carboxylic acids is 2. The summed E-state index contributed by atoms with van der Waals surface area (Å²) in [5, 5.41) is 3.17. The quantitative estimate of drug-likeness (QED) is 0.807. The fourth-order valence-electron chi connectivity index (χ4n) is 4.55. The molecule has 2 fully saturated rings. The molecule has 3 N–H and O–H groups in total. The number of benzene rings is 1. The Morgan fingerprint density at radius 1 is 1.15 bits per heavy atom. The Hall–Kier alpha value is -1.88. The van der Waals surface area contributed by atoms with Crippen LogP contribution >= 0.6 is 0 Å². The Bertz CT molecular complexity index is 626. The van der Waals surface area contributed by atoms with Crippen LogP contribution in [0.5, 0.6) is 0 Å². The highest BCUT2D eigenvalue weighted by molar-refractivity contribution is 5.84. The summed E-state index contributed by atoms with van der Waals surface area (Å²) in [6, 6.07) is 10.4. The van der Waals surface area contributed by atoms with Crippen molar-refractivity contribution in [2.24, 2.45) is 11.7 Å². The minimum absolute atomic E-state index is 0.0683. The van der Waals surface area contributed by atoms with Crippen molar-refractivity contribution >= 4 is 11.8 Å². The number of amides is 2. The van der Waals surface area contributed by atoms with E-state index in [0.717, 1.165) is 57.2 Å². The molecule has 1 unspecified atom stereocenters. The first-order valence-electron chi connectivity index (χ1n) is 10.5. The average molecular weight is 372 g/mol. The largest absolute Gasteiger partial charge is 0.353 e. The van der Waals surface area contributed by atoms with Crippen LogP contribution in [0.2, 0.25) is 0 Å². The molecule has 27 heavy (non-hydrogen) atoms. The number of nitrogens with one attached hydrogen (secondary N) is 1. The van der Waals surface area contributed by atoms with Gasteiger partial charge in [0.05, 0.1) is 5.92 Å². The predicted molar refractivity (Wildman–Crippen MR) is 107 cm³/mol. The lowest BCUT2D eigenvalue weighted by molar-refractivity contribution is -0.134. The fraction of sp³-hybridized carbons (Fsp3) is 0.636. The number of hydrogen-bond donors (Lipinski definition) is 2. The van der Waals surface area contributed by atoms with Gasteiger partial charge in [0.25, 0.3) is 0 Å². The standard InChI is InChI=1S/C22H33N3O2/c1-2-19(16-7-4-3-5-8-16)22(27)25-13-11-18(12-14-25)24-21(26)15-17-9-6-10-20(17)23/h3-5,7-8,17-20H,2,6,9-15,23H2,1H3,(H,24,26)/t17-,19?,20+/m0/s1. The van der Waals surface area contributed by atoms with E-state index < -0.39 is 0 Å². The SMILES string of the molecule is CCC(C(=O)N1CCC(NC(=O)C[C@@H]2CCC[C@H]2N)CC1)c1ccccc1. The van der Waals surface area contributed by atoms with E-state index in [-0.39, 0.29) is 29.8 Å². The van der Waals surface area contributed by atoms with Gasteiger partial charge in [-0.05, 0) is 43.6 Å². The second-order valence-corrected chi connectivity index (χ2v) is 8.10. The van der Waals surface area contributed by atoms with Gasteiger partial charge in [0, 0.05) is 31.6 Å². The molecular weight excluding hydrogens is 338 g/mol. The van der Waals surface area contributed by atoms with Gasteiger partial charge in [0.2, 0.25) is 11.8 Å². The van der Waals surface area contributed by atoms with Crippen molar-refractivity contribution in [3.05, 3.63) is 35.9 Å². The van der Waals surface area contributed by atoms with Crippen LogP contribution in [0, 0.1) is 5.92 Å². The first-order valence-corrected chi connectivity index (χ1v) is 10.5. The van der Waals surface area contributed by atoms with Crippen LogP contribution in [0.15, 0.2) is 30.3 Å². The van der Waals surface area contributed by atoms with Gasteiger partial charge in [0.1, 0.15) is 0 Å². The van der Waals surface area contributed by atoms with Crippen molar-refractivity contribution in [3.8, 4) is 0 Å². The minimum Gasteiger partial charge on any atom is -0.353 e. The Morgan fingerprint density at radius 3 is 2.44 bits per heavy atom. The van der Waals surface area contributed by atoms with Crippen molar-refractivity contribution < 1.29 is 9.59 Å². The summed E-state index contributed by atoms with van der Waals surface area (Å²) >= 11 is 0. The number of likely N-dealkylation sites (tertiary alicyclic amines) is 1. The van der Waals surface area contributed by atoms with Crippen LogP contribution in [-0.2, 0) is 9.59 Å². The molecule has 0 bridgehead atoms. The van der Waals surface area contributed by atoms with Crippen LogP contribution in [0.1, 0.15) is 63.4 Å². The zero-order chi connectivity index (χ0) is 19.2. The molecule has 5 nitrogen and oxygen atoms in total. The van der Waals surface area contributed by atoms with Crippen molar-refractivity contribution in [3.63, 3.8) is 0 Å². The number of hydrogen-bond acceptors (Lipinski definition) is 3. The van der Waals surface area contributed by atoms with Gasteiger partial charge in [0.15, 0.2) is 0 Å². The Morgan fingerprint density at radius 2 is 1.85 bits per heavy atom. The Kier molecular flexibility index (Phi) is 6.89. The second-order valence-electron chi connectivity index (χ2n) is 8.10. The van der Waals surface area contributed by atoms with Crippen molar-refractivity contribution in [1.29, 1.82) is 0 Å². The number of carbonyl (C=O) groups is 2. The van der Waals surface area contributed by atoms with E-state index in [9.17, 15) is 9.59 Å². The molecule has 3 atom stereocenters. The van der Waals surface area contributed by atoms with E-state index >= 15 is 0 Å². The third-order valence-corrected chi connectivity index (χ3v) is 6.25. The van der Waals surface area contributed by atoms with Crippen LogP contribution in [0.3, 0.4) is 0 Å². The molecule has 1 aromatic carbocycles. The van der Waals surface area contributed by atoms with E-state index in [0.29, 0.717) is 12.3 Å². The monoisotopic (exact) mass is 371 g/mol. The van der Waals surface area contributed by atoms with Gasteiger partial charge in [-0.3, -0.25) is 9.59 Å². The predicted octanol–water partition coefficient (Wildman–Crippen LogP) is 2.80. The van der Waals surface area contributed by atoms with Crippen molar-refractivity contribution in [2.75, 3.05) is 13.1 Å². The molecule has 0 radical (unpaired) electrons. The second kappa shape index (κ2) is 9.36. The van der Waals surface area contributed by atoms with Crippen LogP contribution < -0.4 is 11.1 Å². The summed E-state index contributed by atoms with van der Waals surface area (Å²) in [5.41, 5.74) is 7.17. The molecule has 1 saturated heterocycles. The summed E-state index contributed by atoms with van der Waals surface area (Å²) in [6.45, 7) is 3.50. The summed E-state index contributed by atoms with van der Waals surface area (Å²) in [6.07, 6.45) is 6.27. The molecule has 3 rings (SSSR count). The molecule has 1 aliphatic heterocycles. The number of piperidine rings is 1. The maximum atomic E-state index is 12.9. The first-order chi connectivity index (χ1) is 13.1. The summed E-state index contributed by atoms with van der Waals surface area (Å²) in [5.74, 6) is 0.604. The number of nitrogens with zero attached hydrogens (tertiary/aromatic N) is 1. The van der Waals surface area contributed by atoms with E-state index in [4.69, 9.17) is 5.73 Å². The van der Waals surface area contributed by atoms with Gasteiger partial charge in [-0.2, -0.15) is 0 Å². The zero-order valence-corrected chi connectivity index (χ0v) is 16.4. The maximum absolute atomic E-state index is 12.9. The Labute approximate surface area is 162 Å². The molecule has 1 aromatic rings. The smallest absolute Gasteiger partial charge is 0.230 e. The molecule has 1 aliphatic carbocycles. The zero-order valence-electron chi connectivity index (χ0n) is 16.4. The first kappa shape index (κ1) is 19.9. The molecule has 1 saturated carbocycles. The highest BCUT2D eigenvalue weighted by Gasteiger charge is 2.30. The van der Waals surface area contributed by atoms with E-state index in [1.54, 1.807) is 0 Å². The van der Waals surface area contributed by atoms with Gasteiger partial charge in [-0.25, -0.2) is 0 Å². The fourth-order valence-corrected chi connectivity index (χ4v) is 4.55. The summed E-state index contributed by atoms with van der Waals surface area (Å²) in [4.78, 5) is 27.2. The van der Waals surface area contributed by atoms with Crippen LogP contribution in [0.25, 0.3) is 0 Å². The molecule has 0 spiro atoms. The van der Waals surface area contributed by atoms with E-state index in [1.165, 1.54) is 0 Å². The molecule has 1 heterocycles. The van der Waals surface area contributed by atoms with Gasteiger partial charge in [-0.15, -0.1) is 0 Å². The van der Waals surface area contributed by atoms with E-state index in [2.05, 4.69) is 12.2 Å².